The van der Waals surface area contributed by atoms with Crippen LogP contribution in [0.3, 0.4) is 0 Å². The summed E-state index contributed by atoms with van der Waals surface area (Å²) in [6.07, 6.45) is 5.91. The molecule has 1 N–H and O–H groups in total. The van der Waals surface area contributed by atoms with Gasteiger partial charge in [-0.1, -0.05) is 31.0 Å². The summed E-state index contributed by atoms with van der Waals surface area (Å²) in [5, 5.41) is 2.41. The lowest BCUT2D eigenvalue weighted by atomic mass is 10.1. The van der Waals surface area contributed by atoms with Crippen molar-refractivity contribution in [3.05, 3.63) is 29.8 Å². The molecule has 6 nitrogen and oxygen atoms in total. The number of esters is 1. The third kappa shape index (κ3) is 4.13. The number of anilines is 1. The van der Waals surface area contributed by atoms with Gasteiger partial charge in [-0.15, -0.1) is 6.42 Å². The molecule has 0 aliphatic carbocycles. The fourth-order valence-electron chi connectivity index (χ4n) is 2.63. The van der Waals surface area contributed by atoms with Crippen molar-refractivity contribution in [3.8, 4) is 12.3 Å². The molecule has 1 aromatic carbocycles. The topological polar surface area (TPSA) is 75.7 Å². The van der Waals surface area contributed by atoms with Crippen molar-refractivity contribution in [1.82, 2.24) is 5.32 Å². The van der Waals surface area contributed by atoms with Gasteiger partial charge in [0, 0.05) is 18.7 Å². The van der Waals surface area contributed by atoms with Crippen LogP contribution in [0.25, 0.3) is 0 Å². The van der Waals surface area contributed by atoms with E-state index in [2.05, 4.69) is 11.2 Å². The van der Waals surface area contributed by atoms with Crippen molar-refractivity contribution in [2.45, 2.75) is 19.8 Å². The number of carbonyl (C=O) groups is 3. The highest BCUT2D eigenvalue weighted by atomic mass is 16.5. The lowest BCUT2D eigenvalue weighted by Gasteiger charge is -2.19. The van der Waals surface area contributed by atoms with E-state index < -0.39 is 24.4 Å². The molecule has 2 amide bonds. The van der Waals surface area contributed by atoms with Gasteiger partial charge in [0.15, 0.2) is 6.61 Å². The van der Waals surface area contributed by atoms with E-state index in [1.165, 1.54) is 0 Å². The molecule has 0 unspecified atom stereocenters. The maximum atomic E-state index is 12.3. The summed E-state index contributed by atoms with van der Waals surface area (Å²) in [7, 11) is 0. The standard InChI is InChI=1S/C18H20N2O4/c1-3-9-19-16(21)12-24-18(23)14-10-17(22)20(11-14)15-8-6-5-7-13(15)4-2/h1,5-8,14H,4,9-12H2,2H3,(H,19,21)/t14-/m0/s1. The first-order valence-electron chi connectivity index (χ1n) is 7.81. The zero-order valence-corrected chi connectivity index (χ0v) is 13.6. The molecule has 0 bridgehead atoms. The van der Waals surface area contributed by atoms with Gasteiger partial charge in [0.25, 0.3) is 5.91 Å². The molecule has 1 fully saturated rings. The van der Waals surface area contributed by atoms with Crippen LogP contribution in [0.15, 0.2) is 24.3 Å². The van der Waals surface area contributed by atoms with Crippen LogP contribution in [0, 0.1) is 18.3 Å². The van der Waals surface area contributed by atoms with E-state index in [1.54, 1.807) is 4.90 Å². The molecule has 6 heteroatoms. The van der Waals surface area contributed by atoms with Crippen molar-refractivity contribution in [3.63, 3.8) is 0 Å². The van der Waals surface area contributed by atoms with Crippen LogP contribution in [-0.2, 0) is 25.5 Å². The van der Waals surface area contributed by atoms with Crippen molar-refractivity contribution < 1.29 is 19.1 Å². The van der Waals surface area contributed by atoms with Gasteiger partial charge in [0.05, 0.1) is 12.5 Å². The number of rotatable bonds is 6. The Morgan fingerprint density at radius 1 is 1.42 bits per heavy atom. The number of nitrogens with zero attached hydrogens (tertiary/aromatic N) is 1. The fourth-order valence-corrected chi connectivity index (χ4v) is 2.63. The Balaban J connectivity index is 1.95. The third-order valence-electron chi connectivity index (χ3n) is 3.85. The van der Waals surface area contributed by atoms with Crippen LogP contribution in [0.2, 0.25) is 0 Å². The molecule has 1 aliphatic rings. The zero-order chi connectivity index (χ0) is 17.5. The minimum absolute atomic E-state index is 0.0832. The Morgan fingerprint density at radius 3 is 2.88 bits per heavy atom. The second kappa shape index (κ2) is 8.16. The molecule has 0 saturated carbocycles. The number of hydrogen-bond donors (Lipinski definition) is 1. The first-order valence-corrected chi connectivity index (χ1v) is 7.81. The van der Waals surface area contributed by atoms with Gasteiger partial charge < -0.3 is 15.0 Å². The lowest BCUT2D eigenvalue weighted by molar-refractivity contribution is -0.152. The Hall–Kier alpha value is -2.81. The maximum Gasteiger partial charge on any atom is 0.311 e. The molecule has 1 saturated heterocycles. The largest absolute Gasteiger partial charge is 0.455 e. The number of terminal acetylenes is 1. The number of amides is 2. The van der Waals surface area contributed by atoms with Crippen LogP contribution < -0.4 is 10.2 Å². The molecule has 1 aromatic rings. The molecule has 2 rings (SSSR count). The number of ether oxygens (including phenoxy) is 1. The number of nitrogens with one attached hydrogen (secondary N) is 1. The minimum atomic E-state index is -0.567. The molecular weight excluding hydrogens is 308 g/mol. The van der Waals surface area contributed by atoms with Crippen LogP contribution in [-0.4, -0.2) is 37.5 Å². The van der Waals surface area contributed by atoms with Crippen molar-refractivity contribution >= 4 is 23.5 Å². The maximum absolute atomic E-state index is 12.3. The number of para-hydroxylation sites is 1. The molecule has 126 valence electrons. The average molecular weight is 328 g/mol. The minimum Gasteiger partial charge on any atom is -0.455 e. The summed E-state index contributed by atoms with van der Waals surface area (Å²) in [4.78, 5) is 37.3. The molecule has 0 spiro atoms. The third-order valence-corrected chi connectivity index (χ3v) is 3.85. The molecule has 0 radical (unpaired) electrons. The highest BCUT2D eigenvalue weighted by Gasteiger charge is 2.36. The van der Waals surface area contributed by atoms with E-state index in [9.17, 15) is 14.4 Å². The normalized spacial score (nSPS) is 16.6. The van der Waals surface area contributed by atoms with E-state index in [4.69, 9.17) is 11.2 Å². The summed E-state index contributed by atoms with van der Waals surface area (Å²) in [5.74, 6) is 0.570. The molecular formula is C18H20N2O4. The quantitative estimate of drug-likeness (QED) is 0.622. The summed E-state index contributed by atoms with van der Waals surface area (Å²) >= 11 is 0. The number of aryl methyl sites for hydroxylation is 1. The molecule has 1 aliphatic heterocycles. The summed E-state index contributed by atoms with van der Waals surface area (Å²) in [6, 6.07) is 7.62. The number of hydrogen-bond acceptors (Lipinski definition) is 4. The summed E-state index contributed by atoms with van der Waals surface area (Å²) in [6.45, 7) is 1.97. The van der Waals surface area contributed by atoms with E-state index in [0.29, 0.717) is 0 Å². The highest BCUT2D eigenvalue weighted by molar-refractivity contribution is 6.00. The molecule has 1 heterocycles. The first-order chi connectivity index (χ1) is 11.6. The fraction of sp³-hybridized carbons (Fsp3) is 0.389. The van der Waals surface area contributed by atoms with E-state index in [0.717, 1.165) is 17.7 Å². The number of carbonyl (C=O) groups excluding carboxylic acids is 3. The zero-order valence-electron chi connectivity index (χ0n) is 13.6. The Labute approximate surface area is 141 Å². The van der Waals surface area contributed by atoms with Gasteiger partial charge >= 0.3 is 5.97 Å². The monoisotopic (exact) mass is 328 g/mol. The van der Waals surface area contributed by atoms with Gasteiger partial charge in [-0.05, 0) is 18.1 Å². The van der Waals surface area contributed by atoms with Crippen LogP contribution in [0.5, 0.6) is 0 Å². The van der Waals surface area contributed by atoms with Gasteiger partial charge in [0.1, 0.15) is 0 Å². The van der Waals surface area contributed by atoms with Crippen LogP contribution >= 0.6 is 0 Å². The van der Waals surface area contributed by atoms with Crippen molar-refractivity contribution in [2.24, 2.45) is 5.92 Å². The van der Waals surface area contributed by atoms with E-state index in [-0.39, 0.29) is 25.4 Å². The smallest absolute Gasteiger partial charge is 0.311 e. The van der Waals surface area contributed by atoms with Gasteiger partial charge in [-0.25, -0.2) is 0 Å². The van der Waals surface area contributed by atoms with Crippen molar-refractivity contribution in [2.75, 3.05) is 24.6 Å². The van der Waals surface area contributed by atoms with Gasteiger partial charge in [-0.3, -0.25) is 14.4 Å². The molecule has 0 aromatic heterocycles. The highest BCUT2D eigenvalue weighted by Crippen LogP contribution is 2.28. The Kier molecular flexibility index (Phi) is 5.96. The number of benzene rings is 1. The Bertz CT molecular complexity index is 678. The predicted octanol–water partition coefficient (Wildman–Crippen LogP) is 0.894. The molecule has 24 heavy (non-hydrogen) atoms. The van der Waals surface area contributed by atoms with E-state index >= 15 is 0 Å². The van der Waals surface area contributed by atoms with E-state index in [1.807, 2.05) is 31.2 Å². The lowest BCUT2D eigenvalue weighted by Crippen LogP contribution is -2.31. The second-order valence-corrected chi connectivity index (χ2v) is 5.48. The van der Waals surface area contributed by atoms with Crippen LogP contribution in [0.1, 0.15) is 18.9 Å². The first kappa shape index (κ1) is 17.5. The SMILES string of the molecule is C#CCNC(=O)COC(=O)[C@H]1CC(=O)N(c2ccccc2CC)C1. The average Bonchev–Trinajstić information content (AvgIpc) is 2.99. The summed E-state index contributed by atoms with van der Waals surface area (Å²) < 4.78 is 4.98. The predicted molar refractivity (Wildman–Crippen MR) is 89.1 cm³/mol. The van der Waals surface area contributed by atoms with Crippen LogP contribution in [0.4, 0.5) is 5.69 Å². The van der Waals surface area contributed by atoms with Gasteiger partial charge in [-0.2, -0.15) is 0 Å². The summed E-state index contributed by atoms with van der Waals surface area (Å²) in [5.41, 5.74) is 1.88. The second-order valence-electron chi connectivity index (χ2n) is 5.48. The van der Waals surface area contributed by atoms with Crippen molar-refractivity contribution in [1.29, 1.82) is 0 Å². The van der Waals surface area contributed by atoms with Gasteiger partial charge in [0.2, 0.25) is 5.91 Å². The molecule has 1 atom stereocenters. The Morgan fingerprint density at radius 2 is 2.17 bits per heavy atom.